The highest BCUT2D eigenvalue weighted by Crippen LogP contribution is 2.13. The largest absolute Gasteiger partial charge is 0.466 e. The van der Waals surface area contributed by atoms with E-state index in [1.807, 2.05) is 53.4 Å². The number of hydrogen-bond donors (Lipinski definition) is 0. The maximum atomic E-state index is 12.9. The molecule has 0 radical (unpaired) electrons. The van der Waals surface area contributed by atoms with E-state index >= 15 is 0 Å². The molecule has 5 heteroatoms. The second kappa shape index (κ2) is 10.4. The van der Waals surface area contributed by atoms with Gasteiger partial charge in [-0.15, -0.1) is 0 Å². The van der Waals surface area contributed by atoms with Gasteiger partial charge in [0.15, 0.2) is 0 Å². The average Bonchev–Trinajstić information content (AvgIpc) is 3.19. The number of hydrogen-bond acceptors (Lipinski definition) is 3. The minimum Gasteiger partial charge on any atom is -0.466 e. The Bertz CT molecular complexity index is 678. The first-order valence-corrected chi connectivity index (χ1v) is 9.34. The van der Waals surface area contributed by atoms with Crippen LogP contribution in [0, 0.1) is 0 Å². The second-order valence-electron chi connectivity index (χ2n) is 6.19. The number of aromatic nitrogens is 1. The maximum Gasteiger partial charge on any atom is 0.307 e. The van der Waals surface area contributed by atoms with Crippen molar-refractivity contribution in [3.05, 3.63) is 54.4 Å². The number of nitrogens with zero attached hydrogens (tertiary/aromatic N) is 2. The predicted octanol–water partition coefficient (Wildman–Crippen LogP) is 4.06. The fourth-order valence-corrected chi connectivity index (χ4v) is 2.79. The molecule has 1 aromatic heterocycles. The van der Waals surface area contributed by atoms with E-state index in [4.69, 9.17) is 4.74 Å². The third kappa shape index (κ3) is 5.76. The van der Waals surface area contributed by atoms with Crippen molar-refractivity contribution in [3.63, 3.8) is 0 Å². The first-order valence-electron chi connectivity index (χ1n) is 9.34. The second-order valence-corrected chi connectivity index (χ2v) is 6.19. The maximum absolute atomic E-state index is 12.9. The van der Waals surface area contributed by atoms with Crippen molar-refractivity contribution in [1.29, 1.82) is 0 Å². The molecule has 0 bridgehead atoms. The van der Waals surface area contributed by atoms with E-state index < -0.39 is 0 Å². The van der Waals surface area contributed by atoms with Crippen LogP contribution in [-0.2, 0) is 9.53 Å². The minimum atomic E-state index is -0.260. The molecule has 0 saturated carbocycles. The molecule has 5 nitrogen and oxygen atoms in total. The number of carbonyl (C=O) groups is 2. The third-order valence-corrected chi connectivity index (χ3v) is 4.23. The molecule has 0 aliphatic heterocycles. The van der Waals surface area contributed by atoms with Crippen molar-refractivity contribution < 1.29 is 14.3 Å². The van der Waals surface area contributed by atoms with Crippen molar-refractivity contribution in [2.45, 2.75) is 39.5 Å². The van der Waals surface area contributed by atoms with Gasteiger partial charge in [0.2, 0.25) is 0 Å². The lowest BCUT2D eigenvalue weighted by atomic mass is 10.1. The Labute approximate surface area is 155 Å². The summed E-state index contributed by atoms with van der Waals surface area (Å²) in [5.74, 6) is -0.298. The van der Waals surface area contributed by atoms with Crippen LogP contribution >= 0.6 is 0 Å². The molecular formula is C21H28N2O3. The molecule has 0 N–H and O–H groups in total. The summed E-state index contributed by atoms with van der Waals surface area (Å²) in [6.45, 7) is 5.33. The van der Waals surface area contributed by atoms with Gasteiger partial charge >= 0.3 is 5.97 Å². The lowest BCUT2D eigenvalue weighted by Crippen LogP contribution is -2.34. The molecular weight excluding hydrogens is 328 g/mol. The molecule has 0 aliphatic rings. The molecule has 1 amide bonds. The molecule has 0 unspecified atom stereocenters. The van der Waals surface area contributed by atoms with E-state index in [-0.39, 0.29) is 18.3 Å². The predicted molar refractivity (Wildman–Crippen MR) is 102 cm³/mol. The number of carbonyl (C=O) groups excluding carboxylic acids is 2. The first-order chi connectivity index (χ1) is 12.7. The molecule has 0 spiro atoms. The van der Waals surface area contributed by atoms with Crippen LogP contribution in [0.4, 0.5) is 0 Å². The lowest BCUT2D eigenvalue weighted by molar-refractivity contribution is -0.143. The molecule has 2 aromatic rings. The van der Waals surface area contributed by atoms with Crippen LogP contribution in [-0.4, -0.2) is 41.0 Å². The van der Waals surface area contributed by atoms with E-state index in [9.17, 15) is 9.59 Å². The number of benzene rings is 1. The van der Waals surface area contributed by atoms with Gasteiger partial charge in [0.1, 0.15) is 0 Å². The fourth-order valence-electron chi connectivity index (χ4n) is 2.79. The highest BCUT2D eigenvalue weighted by atomic mass is 16.5. The Morgan fingerprint density at radius 3 is 2.31 bits per heavy atom. The van der Waals surface area contributed by atoms with Crippen LogP contribution in [0.3, 0.4) is 0 Å². The van der Waals surface area contributed by atoms with Gasteiger partial charge in [0.05, 0.1) is 13.0 Å². The summed E-state index contributed by atoms with van der Waals surface area (Å²) < 4.78 is 6.97. The van der Waals surface area contributed by atoms with E-state index in [0.29, 0.717) is 25.3 Å². The summed E-state index contributed by atoms with van der Waals surface area (Å²) >= 11 is 0. The standard InChI is InChI=1S/C21H28N2O3/c1-3-5-6-16-23(17-13-20(24)26-4-2)21(25)18-9-11-19(12-10-18)22-14-7-8-15-22/h7-12,14-15H,3-6,13,16-17H2,1-2H3. The molecule has 2 rings (SSSR count). The minimum absolute atomic E-state index is 0.0375. The Hall–Kier alpha value is -2.56. The number of rotatable bonds is 10. The van der Waals surface area contributed by atoms with E-state index in [2.05, 4.69) is 6.92 Å². The van der Waals surface area contributed by atoms with E-state index in [1.165, 1.54) is 0 Å². The van der Waals surface area contributed by atoms with Crippen LogP contribution in [0.2, 0.25) is 0 Å². The summed E-state index contributed by atoms with van der Waals surface area (Å²) in [6, 6.07) is 11.5. The number of amides is 1. The average molecular weight is 356 g/mol. The van der Waals surface area contributed by atoms with E-state index in [1.54, 1.807) is 11.8 Å². The molecule has 26 heavy (non-hydrogen) atoms. The van der Waals surface area contributed by atoms with Crippen molar-refractivity contribution in [2.24, 2.45) is 0 Å². The first kappa shape index (κ1) is 19.8. The molecule has 1 heterocycles. The molecule has 140 valence electrons. The number of esters is 1. The summed E-state index contributed by atoms with van der Waals surface area (Å²) in [5, 5.41) is 0. The highest BCUT2D eigenvalue weighted by Gasteiger charge is 2.17. The molecule has 0 atom stereocenters. The zero-order valence-electron chi connectivity index (χ0n) is 15.7. The molecule has 0 fully saturated rings. The molecule has 0 aliphatic carbocycles. The van der Waals surface area contributed by atoms with Crippen molar-refractivity contribution in [3.8, 4) is 5.69 Å². The van der Waals surface area contributed by atoms with Crippen molar-refractivity contribution in [2.75, 3.05) is 19.7 Å². The Balaban J connectivity index is 2.04. The molecule has 1 aromatic carbocycles. The third-order valence-electron chi connectivity index (χ3n) is 4.23. The SMILES string of the molecule is CCCCCN(CCC(=O)OCC)C(=O)c1ccc(-n2cccc2)cc1. The molecule has 0 saturated heterocycles. The lowest BCUT2D eigenvalue weighted by Gasteiger charge is -2.22. The zero-order valence-corrected chi connectivity index (χ0v) is 15.7. The van der Waals surface area contributed by atoms with Gasteiger partial charge in [-0.2, -0.15) is 0 Å². The zero-order chi connectivity index (χ0) is 18.8. The van der Waals surface area contributed by atoms with Gasteiger partial charge < -0.3 is 14.2 Å². The summed E-state index contributed by atoms with van der Waals surface area (Å²) in [6.07, 6.45) is 7.25. The summed E-state index contributed by atoms with van der Waals surface area (Å²) in [7, 11) is 0. The normalized spacial score (nSPS) is 10.5. The smallest absolute Gasteiger partial charge is 0.307 e. The van der Waals surface area contributed by atoms with Gasteiger partial charge in [0.25, 0.3) is 5.91 Å². The summed E-state index contributed by atoms with van der Waals surface area (Å²) in [4.78, 5) is 26.3. The van der Waals surface area contributed by atoms with Crippen LogP contribution in [0.1, 0.15) is 49.9 Å². The van der Waals surface area contributed by atoms with Gasteiger partial charge in [-0.3, -0.25) is 9.59 Å². The van der Waals surface area contributed by atoms with Crippen LogP contribution < -0.4 is 0 Å². The van der Waals surface area contributed by atoms with Gasteiger partial charge in [-0.05, 0) is 49.7 Å². The van der Waals surface area contributed by atoms with Crippen molar-refractivity contribution >= 4 is 11.9 Å². The van der Waals surface area contributed by atoms with Gasteiger partial charge in [-0.1, -0.05) is 19.8 Å². The quantitative estimate of drug-likeness (QED) is 0.476. The van der Waals surface area contributed by atoms with Gasteiger partial charge in [-0.25, -0.2) is 0 Å². The fraction of sp³-hybridized carbons (Fsp3) is 0.429. The van der Waals surface area contributed by atoms with Crippen LogP contribution in [0.15, 0.2) is 48.8 Å². The van der Waals surface area contributed by atoms with Crippen LogP contribution in [0.25, 0.3) is 5.69 Å². The number of ether oxygens (including phenoxy) is 1. The highest BCUT2D eigenvalue weighted by molar-refractivity contribution is 5.94. The van der Waals surface area contributed by atoms with Gasteiger partial charge in [0, 0.05) is 36.7 Å². The summed E-state index contributed by atoms with van der Waals surface area (Å²) in [5.41, 5.74) is 1.65. The monoisotopic (exact) mass is 356 g/mol. The topological polar surface area (TPSA) is 51.5 Å². The van der Waals surface area contributed by atoms with E-state index in [0.717, 1.165) is 24.9 Å². The Morgan fingerprint density at radius 1 is 1.00 bits per heavy atom. The Kier molecular flexibility index (Phi) is 7.93. The van der Waals surface area contributed by atoms with Crippen LogP contribution in [0.5, 0.6) is 0 Å². The number of unbranched alkanes of at least 4 members (excludes halogenated alkanes) is 2. The Morgan fingerprint density at radius 2 is 1.69 bits per heavy atom. The van der Waals surface area contributed by atoms with Crippen molar-refractivity contribution in [1.82, 2.24) is 9.47 Å².